The molecule has 1 aliphatic rings. The maximum absolute atomic E-state index is 13.3. The summed E-state index contributed by atoms with van der Waals surface area (Å²) in [4.78, 5) is 28.5. The Labute approximate surface area is 217 Å². The van der Waals surface area contributed by atoms with E-state index < -0.39 is 0 Å². The first kappa shape index (κ1) is 23.1. The second-order valence-electron chi connectivity index (χ2n) is 8.82. The predicted octanol–water partition coefficient (Wildman–Crippen LogP) is 4.96. The van der Waals surface area contributed by atoms with Gasteiger partial charge in [-0.2, -0.15) is 0 Å². The highest BCUT2D eigenvalue weighted by Gasteiger charge is 2.18. The van der Waals surface area contributed by atoms with Crippen molar-refractivity contribution in [2.24, 2.45) is 0 Å². The number of hydrogen-bond donors (Lipinski definition) is 3. The van der Waals surface area contributed by atoms with E-state index in [1.165, 1.54) is 23.4 Å². The number of anilines is 5. The van der Waals surface area contributed by atoms with Gasteiger partial charge in [0.05, 0.1) is 34.7 Å². The van der Waals surface area contributed by atoms with Gasteiger partial charge in [-0.25, -0.2) is 15.0 Å². The SMILES string of the molecule is Cc1ccc2c(Nc3ccc(N4CCOCC4)cc3)nccc2c1NC(=O)c1csc2c(N)ncnc12. The van der Waals surface area contributed by atoms with E-state index in [2.05, 4.69) is 54.8 Å². The molecule has 2 aromatic carbocycles. The number of nitrogen functional groups attached to an aromatic ring is 1. The molecule has 37 heavy (non-hydrogen) atoms. The topological polar surface area (TPSA) is 118 Å². The summed E-state index contributed by atoms with van der Waals surface area (Å²) in [6.07, 6.45) is 3.12. The fourth-order valence-electron chi connectivity index (χ4n) is 4.55. The third-order valence-corrected chi connectivity index (χ3v) is 7.52. The first-order chi connectivity index (χ1) is 18.1. The Hall–Kier alpha value is -4.28. The Morgan fingerprint density at radius 2 is 1.84 bits per heavy atom. The van der Waals surface area contributed by atoms with Crippen molar-refractivity contribution < 1.29 is 9.53 Å². The molecule has 1 fully saturated rings. The van der Waals surface area contributed by atoms with Gasteiger partial charge in [0, 0.05) is 46.8 Å². The van der Waals surface area contributed by atoms with E-state index in [-0.39, 0.29) is 5.91 Å². The number of carbonyl (C=O) groups excluding carboxylic acids is 1. The Morgan fingerprint density at radius 1 is 1.03 bits per heavy atom. The van der Waals surface area contributed by atoms with Gasteiger partial charge in [-0.05, 0) is 42.8 Å². The summed E-state index contributed by atoms with van der Waals surface area (Å²) in [5, 5.41) is 10.1. The predicted molar refractivity (Wildman–Crippen MR) is 149 cm³/mol. The zero-order valence-electron chi connectivity index (χ0n) is 20.2. The number of fused-ring (bicyclic) bond motifs is 2. The van der Waals surface area contributed by atoms with E-state index in [1.54, 1.807) is 11.6 Å². The lowest BCUT2D eigenvalue weighted by molar-refractivity contribution is 0.102. The Bertz CT molecular complexity index is 1610. The van der Waals surface area contributed by atoms with Crippen LogP contribution in [0.15, 0.2) is 60.4 Å². The van der Waals surface area contributed by atoms with Crippen LogP contribution in [0, 0.1) is 6.92 Å². The molecule has 0 bridgehead atoms. The number of benzene rings is 2. The van der Waals surface area contributed by atoms with Crippen molar-refractivity contribution in [1.29, 1.82) is 0 Å². The molecule has 1 saturated heterocycles. The third-order valence-electron chi connectivity index (χ3n) is 6.52. The van der Waals surface area contributed by atoms with Crippen LogP contribution in [0.4, 0.5) is 28.7 Å². The van der Waals surface area contributed by atoms with Crippen molar-refractivity contribution in [3.63, 3.8) is 0 Å². The summed E-state index contributed by atoms with van der Waals surface area (Å²) >= 11 is 1.36. The van der Waals surface area contributed by atoms with Gasteiger partial charge in [0.2, 0.25) is 0 Å². The van der Waals surface area contributed by atoms with Crippen LogP contribution < -0.4 is 21.3 Å². The van der Waals surface area contributed by atoms with Crippen LogP contribution in [0.25, 0.3) is 21.0 Å². The van der Waals surface area contributed by atoms with E-state index >= 15 is 0 Å². The molecule has 3 aromatic heterocycles. The Morgan fingerprint density at radius 3 is 2.65 bits per heavy atom. The van der Waals surface area contributed by atoms with Crippen LogP contribution in [0.1, 0.15) is 15.9 Å². The van der Waals surface area contributed by atoms with Gasteiger partial charge in [0.25, 0.3) is 5.91 Å². The molecule has 1 amide bonds. The largest absolute Gasteiger partial charge is 0.382 e. The fraction of sp³-hybridized carbons (Fsp3) is 0.185. The van der Waals surface area contributed by atoms with Crippen molar-refractivity contribution in [3.05, 3.63) is 71.5 Å². The lowest BCUT2D eigenvalue weighted by Gasteiger charge is -2.28. The second-order valence-corrected chi connectivity index (χ2v) is 9.70. The molecule has 1 aliphatic heterocycles. The van der Waals surface area contributed by atoms with E-state index in [0.717, 1.165) is 54.0 Å². The van der Waals surface area contributed by atoms with Gasteiger partial charge in [-0.3, -0.25) is 4.79 Å². The number of aryl methyl sites for hydroxylation is 1. The number of aromatic nitrogens is 3. The third kappa shape index (κ3) is 4.41. The van der Waals surface area contributed by atoms with E-state index in [1.807, 2.05) is 25.1 Å². The number of pyridine rings is 1. The van der Waals surface area contributed by atoms with Gasteiger partial charge in [-0.15, -0.1) is 11.3 Å². The number of carbonyl (C=O) groups is 1. The number of ether oxygens (including phenoxy) is 1. The Balaban J connectivity index is 1.29. The maximum Gasteiger partial charge on any atom is 0.258 e. The molecule has 186 valence electrons. The van der Waals surface area contributed by atoms with E-state index in [9.17, 15) is 4.79 Å². The Kier molecular flexibility index (Phi) is 6.03. The quantitative estimate of drug-likeness (QED) is 0.303. The van der Waals surface area contributed by atoms with Crippen molar-refractivity contribution in [1.82, 2.24) is 15.0 Å². The highest BCUT2D eigenvalue weighted by atomic mass is 32.1. The number of rotatable bonds is 5. The van der Waals surface area contributed by atoms with Crippen LogP contribution in [0.3, 0.4) is 0 Å². The van der Waals surface area contributed by atoms with Crippen molar-refractivity contribution in [2.45, 2.75) is 6.92 Å². The second kappa shape index (κ2) is 9.64. The molecule has 4 heterocycles. The molecule has 4 N–H and O–H groups in total. The average Bonchev–Trinajstić information content (AvgIpc) is 3.37. The number of morpholine rings is 1. The van der Waals surface area contributed by atoms with E-state index in [0.29, 0.717) is 27.4 Å². The van der Waals surface area contributed by atoms with Gasteiger partial charge < -0.3 is 26.0 Å². The number of nitrogens with one attached hydrogen (secondary N) is 2. The summed E-state index contributed by atoms with van der Waals surface area (Å²) in [7, 11) is 0. The van der Waals surface area contributed by atoms with Crippen molar-refractivity contribution >= 4 is 66.9 Å². The minimum absolute atomic E-state index is 0.245. The first-order valence-electron chi connectivity index (χ1n) is 12.0. The summed E-state index contributed by atoms with van der Waals surface area (Å²) in [6.45, 7) is 5.27. The van der Waals surface area contributed by atoms with Gasteiger partial charge >= 0.3 is 0 Å². The first-order valence-corrected chi connectivity index (χ1v) is 12.8. The molecule has 9 nitrogen and oxygen atoms in total. The van der Waals surface area contributed by atoms with E-state index in [4.69, 9.17) is 10.5 Å². The van der Waals surface area contributed by atoms with Gasteiger partial charge in [0.15, 0.2) is 0 Å². The molecule has 0 spiro atoms. The minimum Gasteiger partial charge on any atom is -0.382 e. The molecule has 5 aromatic rings. The summed E-state index contributed by atoms with van der Waals surface area (Å²) in [5.41, 5.74) is 10.8. The fourth-order valence-corrected chi connectivity index (χ4v) is 5.46. The van der Waals surface area contributed by atoms with Crippen LogP contribution in [0.5, 0.6) is 0 Å². The summed E-state index contributed by atoms with van der Waals surface area (Å²) in [6, 6.07) is 14.2. The molecule has 10 heteroatoms. The standard InChI is InChI=1S/C27H25N7O2S/c1-16-2-7-20-19(22(16)33-27(35)21-14-37-24-23(21)30-15-31-25(24)28)8-9-29-26(20)32-17-3-5-18(6-4-17)34-10-12-36-13-11-34/h2-9,14-15H,10-13H2,1H3,(H,29,32)(H,33,35)(H2,28,30,31). The zero-order valence-corrected chi connectivity index (χ0v) is 21.0. The molecule has 0 unspecified atom stereocenters. The molecule has 0 atom stereocenters. The number of nitrogens with two attached hydrogens (primary N) is 1. The number of thiophene rings is 1. The molecule has 0 aliphatic carbocycles. The molecule has 0 saturated carbocycles. The number of amides is 1. The minimum atomic E-state index is -0.245. The van der Waals surface area contributed by atoms with Gasteiger partial charge in [0.1, 0.15) is 18.0 Å². The smallest absolute Gasteiger partial charge is 0.258 e. The van der Waals surface area contributed by atoms with Crippen molar-refractivity contribution in [2.75, 3.05) is 47.6 Å². The lowest BCUT2D eigenvalue weighted by Crippen LogP contribution is -2.36. The maximum atomic E-state index is 13.3. The zero-order chi connectivity index (χ0) is 25.4. The lowest BCUT2D eigenvalue weighted by atomic mass is 10.0. The molecule has 6 rings (SSSR count). The van der Waals surface area contributed by atoms with Crippen LogP contribution >= 0.6 is 11.3 Å². The highest BCUT2D eigenvalue weighted by Crippen LogP contribution is 2.34. The van der Waals surface area contributed by atoms with Crippen LogP contribution in [0.2, 0.25) is 0 Å². The number of hydrogen-bond acceptors (Lipinski definition) is 9. The van der Waals surface area contributed by atoms with Crippen molar-refractivity contribution in [3.8, 4) is 0 Å². The summed E-state index contributed by atoms with van der Waals surface area (Å²) < 4.78 is 6.16. The summed E-state index contributed by atoms with van der Waals surface area (Å²) in [5.74, 6) is 0.841. The molecular weight excluding hydrogens is 486 g/mol. The van der Waals surface area contributed by atoms with Crippen LogP contribution in [-0.4, -0.2) is 47.2 Å². The normalized spacial score (nSPS) is 13.7. The average molecular weight is 512 g/mol. The molecule has 0 radical (unpaired) electrons. The molecular formula is C27H25N7O2S. The van der Waals surface area contributed by atoms with Gasteiger partial charge in [-0.1, -0.05) is 12.1 Å². The monoisotopic (exact) mass is 511 g/mol. The van der Waals surface area contributed by atoms with Crippen LogP contribution in [-0.2, 0) is 4.74 Å². The number of nitrogens with zero attached hydrogens (tertiary/aromatic N) is 4. The highest BCUT2D eigenvalue weighted by molar-refractivity contribution is 7.18.